The van der Waals surface area contributed by atoms with E-state index >= 15 is 0 Å². The average molecular weight is 1030 g/mol. The van der Waals surface area contributed by atoms with E-state index in [2.05, 4.69) is 0 Å². The molecule has 4 N–H and O–H groups in total. The molecule has 0 bridgehead atoms. The molecule has 3 rings (SSSR count). The summed E-state index contributed by atoms with van der Waals surface area (Å²) in [6.07, 6.45) is 0.548. The number of methoxy groups -OCH3 is 2. The van der Waals surface area contributed by atoms with Crippen molar-refractivity contribution in [3.05, 3.63) is 83.5 Å². The van der Waals surface area contributed by atoms with Crippen molar-refractivity contribution in [2.24, 2.45) is 0 Å². The summed E-state index contributed by atoms with van der Waals surface area (Å²) in [5.74, 6) is -0.866. The Balaban J connectivity index is 1.63. The molecule has 0 saturated heterocycles. The first kappa shape index (κ1) is 63.6. The molecule has 414 valence electrons. The fourth-order valence-corrected chi connectivity index (χ4v) is 9.44. The van der Waals surface area contributed by atoms with E-state index < -0.39 is 28.4 Å². The molecule has 15 nitrogen and oxygen atoms in total. The molecule has 15 heteroatoms. The molecule has 0 aliphatic carbocycles. The number of aliphatic hydroxyl groups excluding tert-OH is 1. The van der Waals surface area contributed by atoms with Crippen LogP contribution >= 0.6 is 0 Å². The molecule has 0 spiro atoms. The molecule has 0 aromatic heterocycles. The highest BCUT2D eigenvalue weighted by atomic mass is 16.7. The predicted octanol–water partition coefficient (Wildman–Crippen LogP) is 8.27. The van der Waals surface area contributed by atoms with E-state index in [-0.39, 0.29) is 78.1 Å². The number of carbonyl (C=O) groups is 1. The van der Waals surface area contributed by atoms with Crippen LogP contribution in [-0.2, 0) is 46.0 Å². The number of ether oxygens (including phenoxy) is 10. The molecule has 0 aliphatic heterocycles. The van der Waals surface area contributed by atoms with Crippen LogP contribution in [0.4, 0.5) is 0 Å². The number of hydrogen-bond donors (Lipinski definition) is 4. The maximum atomic E-state index is 13.0. The Morgan fingerprint density at radius 3 is 0.932 bits per heavy atom. The van der Waals surface area contributed by atoms with Crippen LogP contribution in [0.25, 0.3) is 0 Å². The van der Waals surface area contributed by atoms with Gasteiger partial charge >= 0.3 is 0 Å². The van der Waals surface area contributed by atoms with E-state index in [0.717, 1.165) is 89.4 Å². The van der Waals surface area contributed by atoms with Gasteiger partial charge in [0.1, 0.15) is 53.9 Å². The Morgan fingerprint density at radius 2 is 0.671 bits per heavy atom. The second kappa shape index (κ2) is 26.9. The Morgan fingerprint density at radius 1 is 0.397 bits per heavy atom. The third-order valence-electron chi connectivity index (χ3n) is 14.9. The van der Waals surface area contributed by atoms with Gasteiger partial charge in [0.2, 0.25) is 11.6 Å². The van der Waals surface area contributed by atoms with Gasteiger partial charge in [-0.2, -0.15) is 0 Å². The van der Waals surface area contributed by atoms with Crippen LogP contribution in [-0.4, -0.2) is 148 Å². The standard InChI is InChI=1S/C58H92O15/c1-35-41(7)50(69-28-23-66-22-21-59)42(8)36(2)47(35)33-57(64-19,55(15,16)62)72-31-26-67-24-29-70-51-43(9)37(3)48(38(4)44(51)10)34-58(65-20,56(17,18)63)73-32-27-68-25-30-71-52-45(11)39(5)49(40(6)46(52)12)53(60)54(13,14)61/h59,61-63H,21-34H2,1-20H3. The summed E-state index contributed by atoms with van der Waals surface area (Å²) in [6.45, 7) is 36.3. The summed E-state index contributed by atoms with van der Waals surface area (Å²) in [5.41, 5.74) is 9.38. The third-order valence-corrected chi connectivity index (χ3v) is 14.9. The summed E-state index contributed by atoms with van der Waals surface area (Å²) >= 11 is 0. The summed E-state index contributed by atoms with van der Waals surface area (Å²) < 4.78 is 60.9. The minimum atomic E-state index is -1.49. The van der Waals surface area contributed by atoms with Gasteiger partial charge in [-0.3, -0.25) is 4.79 Å². The molecule has 0 heterocycles. The second-order valence-corrected chi connectivity index (χ2v) is 20.9. The lowest BCUT2D eigenvalue weighted by atomic mass is 9.84. The van der Waals surface area contributed by atoms with Crippen molar-refractivity contribution in [3.63, 3.8) is 0 Å². The van der Waals surface area contributed by atoms with Crippen LogP contribution < -0.4 is 14.2 Å². The highest BCUT2D eigenvalue weighted by Gasteiger charge is 2.48. The van der Waals surface area contributed by atoms with Crippen molar-refractivity contribution in [2.75, 3.05) is 93.5 Å². The minimum absolute atomic E-state index is 0.0376. The van der Waals surface area contributed by atoms with E-state index in [4.69, 9.17) is 52.5 Å². The molecule has 2 atom stereocenters. The largest absolute Gasteiger partial charge is 0.491 e. The lowest BCUT2D eigenvalue weighted by Gasteiger charge is -2.42. The molecule has 73 heavy (non-hydrogen) atoms. The molecule has 0 radical (unpaired) electrons. The van der Waals surface area contributed by atoms with Crippen molar-refractivity contribution < 1.29 is 72.6 Å². The number of Topliss-reactive ketones (excluding diaryl/α,β-unsaturated/α-hetero) is 1. The maximum absolute atomic E-state index is 13.0. The van der Waals surface area contributed by atoms with Crippen molar-refractivity contribution >= 4 is 5.78 Å². The predicted molar refractivity (Wildman–Crippen MR) is 284 cm³/mol. The summed E-state index contributed by atoms with van der Waals surface area (Å²) in [6, 6.07) is 0. The van der Waals surface area contributed by atoms with E-state index in [1.807, 2.05) is 83.1 Å². The van der Waals surface area contributed by atoms with Gasteiger partial charge in [-0.05, 0) is 203 Å². The number of aliphatic hydroxyl groups is 4. The van der Waals surface area contributed by atoms with Gasteiger partial charge in [0, 0.05) is 32.6 Å². The van der Waals surface area contributed by atoms with E-state index in [1.54, 1.807) is 34.8 Å². The van der Waals surface area contributed by atoms with Gasteiger partial charge in [-0.1, -0.05) is 0 Å². The van der Waals surface area contributed by atoms with Crippen molar-refractivity contribution in [2.45, 2.75) is 166 Å². The number of benzene rings is 3. The Labute approximate surface area is 437 Å². The molecular weight excluding hydrogens is 937 g/mol. The van der Waals surface area contributed by atoms with Gasteiger partial charge < -0.3 is 67.8 Å². The number of carbonyl (C=O) groups excluding carboxylic acids is 1. The third kappa shape index (κ3) is 15.0. The first-order chi connectivity index (χ1) is 33.9. The SMILES string of the molecule is COC(Cc1c(C)c(C)c(OCCOCCO)c(C)c1C)(OCCOCCOc1c(C)c(C)c(CC(OC)(OCCOCCOc2c(C)c(C)c(C(=O)C(C)(C)O)c(C)c2C)C(C)(C)O)c(C)c1C)C(C)(C)O. The van der Waals surface area contributed by atoms with E-state index in [1.165, 1.54) is 21.0 Å². The molecule has 0 aliphatic rings. The number of rotatable bonds is 32. The zero-order valence-electron chi connectivity index (χ0n) is 48.2. The molecule has 3 aromatic rings. The minimum Gasteiger partial charge on any atom is -0.491 e. The molecule has 0 saturated carbocycles. The lowest BCUT2D eigenvalue weighted by molar-refractivity contribution is -0.304. The van der Waals surface area contributed by atoms with Crippen molar-refractivity contribution in [1.29, 1.82) is 0 Å². The van der Waals surface area contributed by atoms with Crippen molar-refractivity contribution in [1.82, 2.24) is 0 Å². The monoisotopic (exact) mass is 1030 g/mol. The quantitative estimate of drug-likeness (QED) is 0.0265. The topological polar surface area (TPSA) is 190 Å². The summed E-state index contributed by atoms with van der Waals surface area (Å²) in [4.78, 5) is 13.0. The van der Waals surface area contributed by atoms with Crippen LogP contribution in [0.1, 0.15) is 130 Å². The molecule has 2 unspecified atom stereocenters. The van der Waals surface area contributed by atoms with Crippen molar-refractivity contribution in [3.8, 4) is 17.2 Å². The second-order valence-electron chi connectivity index (χ2n) is 20.9. The van der Waals surface area contributed by atoms with Crippen LogP contribution in [0.2, 0.25) is 0 Å². The highest BCUT2D eigenvalue weighted by molar-refractivity contribution is 6.04. The fraction of sp³-hybridized carbons (Fsp3) is 0.672. The number of ketones is 1. The van der Waals surface area contributed by atoms with Gasteiger partial charge in [0.25, 0.3) is 0 Å². The van der Waals surface area contributed by atoms with E-state index in [0.29, 0.717) is 31.1 Å². The van der Waals surface area contributed by atoms with Gasteiger partial charge in [0.05, 0.1) is 59.5 Å². The smallest absolute Gasteiger partial charge is 0.200 e. The first-order valence-corrected chi connectivity index (χ1v) is 25.5. The average Bonchev–Trinajstić information content (AvgIpc) is 3.32. The normalized spacial score (nSPS) is 14.1. The molecule has 3 aromatic carbocycles. The molecule has 0 amide bonds. The maximum Gasteiger partial charge on any atom is 0.200 e. The highest BCUT2D eigenvalue weighted by Crippen LogP contribution is 2.41. The molecule has 0 fully saturated rings. The van der Waals surface area contributed by atoms with Crippen LogP contribution in [0.15, 0.2) is 0 Å². The Hall–Kier alpha value is -3.71. The van der Waals surface area contributed by atoms with Gasteiger partial charge in [0.15, 0.2) is 5.78 Å². The van der Waals surface area contributed by atoms with Crippen LogP contribution in [0, 0.1) is 83.1 Å². The summed E-state index contributed by atoms with van der Waals surface area (Å²) in [7, 11) is 3.08. The van der Waals surface area contributed by atoms with Crippen LogP contribution in [0.3, 0.4) is 0 Å². The zero-order valence-corrected chi connectivity index (χ0v) is 48.2. The Kier molecular flexibility index (Phi) is 23.4. The molecular formula is C58H92O15. The van der Waals surface area contributed by atoms with Crippen LogP contribution in [0.5, 0.6) is 17.2 Å². The fourth-order valence-electron chi connectivity index (χ4n) is 9.44. The van der Waals surface area contributed by atoms with E-state index in [9.17, 15) is 20.1 Å². The first-order valence-electron chi connectivity index (χ1n) is 25.5. The zero-order chi connectivity index (χ0) is 55.4. The lowest BCUT2D eigenvalue weighted by Crippen LogP contribution is -2.56. The van der Waals surface area contributed by atoms with Gasteiger partial charge in [-0.25, -0.2) is 0 Å². The number of hydrogen-bond acceptors (Lipinski definition) is 15. The summed E-state index contributed by atoms with van der Waals surface area (Å²) in [5, 5.41) is 42.5. The Bertz CT molecular complexity index is 2230. The van der Waals surface area contributed by atoms with Gasteiger partial charge in [-0.15, -0.1) is 0 Å².